The van der Waals surface area contributed by atoms with Crippen LogP contribution in [0.1, 0.15) is 38.1 Å². The van der Waals surface area contributed by atoms with Crippen LogP contribution < -0.4 is 0 Å². The second-order valence-electron chi connectivity index (χ2n) is 5.30. The summed E-state index contributed by atoms with van der Waals surface area (Å²) in [6.45, 7) is 2.25. The van der Waals surface area contributed by atoms with Gasteiger partial charge >= 0.3 is 5.97 Å². The quantitative estimate of drug-likeness (QED) is 0.864. The van der Waals surface area contributed by atoms with Gasteiger partial charge in [-0.1, -0.05) is 6.42 Å². The van der Waals surface area contributed by atoms with E-state index in [2.05, 4.69) is 20.6 Å². The fourth-order valence-electron chi connectivity index (χ4n) is 2.58. The molecule has 1 N–H and O–H groups in total. The average Bonchev–Trinajstić information content (AvgIpc) is 3.03. The molecule has 0 aromatic carbocycles. The van der Waals surface area contributed by atoms with Gasteiger partial charge in [0, 0.05) is 12.4 Å². The molecule has 1 aliphatic rings. The van der Waals surface area contributed by atoms with E-state index in [1.807, 2.05) is 19.2 Å². The minimum Gasteiger partial charge on any atom is -0.481 e. The number of aliphatic carboxylic acids is 1. The van der Waals surface area contributed by atoms with Crippen molar-refractivity contribution in [2.24, 2.45) is 5.41 Å². The molecular formula is C12H16N6O2. The van der Waals surface area contributed by atoms with Crippen molar-refractivity contribution in [1.29, 1.82) is 0 Å². The van der Waals surface area contributed by atoms with Crippen LogP contribution in [0.2, 0.25) is 0 Å². The van der Waals surface area contributed by atoms with Crippen molar-refractivity contribution in [3.8, 4) is 0 Å². The van der Waals surface area contributed by atoms with Crippen LogP contribution in [0.4, 0.5) is 0 Å². The van der Waals surface area contributed by atoms with E-state index in [1.54, 1.807) is 15.6 Å². The number of nitrogens with zero attached hydrogens (tertiary/aromatic N) is 6. The lowest BCUT2D eigenvalue weighted by atomic mass is 9.69. The van der Waals surface area contributed by atoms with Crippen molar-refractivity contribution in [2.75, 3.05) is 0 Å². The standard InChI is InChI=1S/C12H16N6O2/c1-9(17-7-3-6-13-17)10-14-15-16-18(10)8-12(11(19)20)4-2-5-12/h3,6-7,9H,2,4-5,8H2,1H3,(H,19,20). The van der Waals surface area contributed by atoms with E-state index in [1.165, 1.54) is 0 Å². The molecule has 1 atom stereocenters. The zero-order chi connectivity index (χ0) is 14.2. The SMILES string of the molecule is CC(c1nnnn1CC1(C(=O)O)CCC1)n1cccn1. The molecule has 0 amide bonds. The molecule has 8 nitrogen and oxygen atoms in total. The molecule has 106 valence electrons. The summed E-state index contributed by atoms with van der Waals surface area (Å²) in [5, 5.41) is 25.2. The van der Waals surface area contributed by atoms with E-state index in [0.29, 0.717) is 25.2 Å². The molecule has 1 unspecified atom stereocenters. The van der Waals surface area contributed by atoms with Gasteiger partial charge in [0.15, 0.2) is 5.82 Å². The lowest BCUT2D eigenvalue weighted by Crippen LogP contribution is -2.42. The highest BCUT2D eigenvalue weighted by atomic mass is 16.4. The first kappa shape index (κ1) is 12.8. The van der Waals surface area contributed by atoms with Gasteiger partial charge in [-0.25, -0.2) is 4.68 Å². The predicted molar refractivity (Wildman–Crippen MR) is 67.8 cm³/mol. The van der Waals surface area contributed by atoms with E-state index in [9.17, 15) is 9.90 Å². The fourth-order valence-corrected chi connectivity index (χ4v) is 2.58. The first-order valence-electron chi connectivity index (χ1n) is 6.61. The Morgan fingerprint density at radius 2 is 2.35 bits per heavy atom. The largest absolute Gasteiger partial charge is 0.481 e. The Balaban J connectivity index is 1.85. The molecule has 1 aliphatic carbocycles. The summed E-state index contributed by atoms with van der Waals surface area (Å²) in [4.78, 5) is 11.4. The van der Waals surface area contributed by atoms with Crippen molar-refractivity contribution in [2.45, 2.75) is 38.8 Å². The van der Waals surface area contributed by atoms with Crippen molar-refractivity contribution in [3.63, 3.8) is 0 Å². The molecule has 1 fully saturated rings. The first-order valence-corrected chi connectivity index (χ1v) is 6.61. The van der Waals surface area contributed by atoms with Crippen LogP contribution in [0.15, 0.2) is 18.5 Å². The number of tetrazole rings is 1. The molecule has 2 aromatic heterocycles. The fraction of sp³-hybridized carbons (Fsp3) is 0.583. The molecule has 20 heavy (non-hydrogen) atoms. The second kappa shape index (κ2) is 4.69. The summed E-state index contributed by atoms with van der Waals surface area (Å²) in [5.41, 5.74) is -0.714. The Kier molecular flexibility index (Phi) is 3.00. The minimum atomic E-state index is -0.767. The minimum absolute atomic E-state index is 0.133. The predicted octanol–water partition coefficient (Wildman–Crippen LogP) is 0.734. The zero-order valence-corrected chi connectivity index (χ0v) is 11.2. The van der Waals surface area contributed by atoms with E-state index in [4.69, 9.17) is 0 Å². The van der Waals surface area contributed by atoms with Crippen LogP contribution in [0.5, 0.6) is 0 Å². The van der Waals surface area contributed by atoms with Gasteiger partial charge in [-0.05, 0) is 36.3 Å². The third-order valence-corrected chi connectivity index (χ3v) is 4.07. The molecule has 0 aliphatic heterocycles. The lowest BCUT2D eigenvalue weighted by Gasteiger charge is -2.37. The van der Waals surface area contributed by atoms with Crippen molar-refractivity contribution in [3.05, 3.63) is 24.3 Å². The third kappa shape index (κ3) is 1.97. The Morgan fingerprint density at radius 1 is 1.55 bits per heavy atom. The first-order chi connectivity index (χ1) is 9.62. The van der Waals surface area contributed by atoms with Crippen LogP contribution >= 0.6 is 0 Å². The van der Waals surface area contributed by atoms with E-state index < -0.39 is 11.4 Å². The maximum atomic E-state index is 11.4. The molecule has 0 bridgehead atoms. The normalized spacial score (nSPS) is 18.4. The van der Waals surface area contributed by atoms with Gasteiger partial charge in [0.05, 0.1) is 12.0 Å². The van der Waals surface area contributed by atoms with Crippen LogP contribution in [-0.2, 0) is 11.3 Å². The highest BCUT2D eigenvalue weighted by molar-refractivity contribution is 5.75. The number of hydrogen-bond donors (Lipinski definition) is 1. The number of aromatic nitrogens is 6. The summed E-state index contributed by atoms with van der Waals surface area (Å²) < 4.78 is 3.34. The number of carboxylic acid groups (broad SMARTS) is 1. The molecule has 0 spiro atoms. The van der Waals surface area contributed by atoms with Crippen molar-refractivity contribution < 1.29 is 9.90 Å². The zero-order valence-electron chi connectivity index (χ0n) is 11.2. The second-order valence-corrected chi connectivity index (χ2v) is 5.30. The highest BCUT2D eigenvalue weighted by Gasteiger charge is 2.45. The number of rotatable bonds is 5. The summed E-state index contributed by atoms with van der Waals surface area (Å²) in [5.74, 6) is -0.141. The third-order valence-electron chi connectivity index (χ3n) is 4.07. The Hall–Kier alpha value is -2.25. The Morgan fingerprint density at radius 3 is 2.90 bits per heavy atom. The van der Waals surface area contributed by atoms with Gasteiger partial charge < -0.3 is 5.11 Å². The van der Waals surface area contributed by atoms with Gasteiger partial charge in [-0.15, -0.1) is 5.10 Å². The van der Waals surface area contributed by atoms with E-state index in [0.717, 1.165) is 6.42 Å². The van der Waals surface area contributed by atoms with Gasteiger partial charge in [-0.3, -0.25) is 9.48 Å². The lowest BCUT2D eigenvalue weighted by molar-refractivity contribution is -0.156. The average molecular weight is 276 g/mol. The van der Waals surface area contributed by atoms with Crippen LogP contribution in [0, 0.1) is 5.41 Å². The monoisotopic (exact) mass is 276 g/mol. The van der Waals surface area contributed by atoms with Gasteiger partial charge in [0.2, 0.25) is 0 Å². The molecule has 2 aromatic rings. The molecule has 3 rings (SSSR count). The summed E-state index contributed by atoms with van der Waals surface area (Å²) >= 11 is 0. The maximum absolute atomic E-state index is 11.4. The molecule has 0 radical (unpaired) electrons. The highest BCUT2D eigenvalue weighted by Crippen LogP contribution is 2.42. The smallest absolute Gasteiger partial charge is 0.311 e. The van der Waals surface area contributed by atoms with Crippen LogP contribution in [-0.4, -0.2) is 41.1 Å². The topological polar surface area (TPSA) is 98.7 Å². The van der Waals surface area contributed by atoms with E-state index in [-0.39, 0.29) is 6.04 Å². The number of hydrogen-bond acceptors (Lipinski definition) is 5. The summed E-state index contributed by atoms with van der Waals surface area (Å²) in [6.07, 6.45) is 5.82. The maximum Gasteiger partial charge on any atom is 0.311 e. The Bertz CT molecular complexity index is 601. The van der Waals surface area contributed by atoms with Gasteiger partial charge in [0.1, 0.15) is 6.04 Å². The van der Waals surface area contributed by atoms with E-state index >= 15 is 0 Å². The van der Waals surface area contributed by atoms with Crippen molar-refractivity contribution >= 4 is 5.97 Å². The van der Waals surface area contributed by atoms with Crippen LogP contribution in [0.25, 0.3) is 0 Å². The molecule has 0 saturated heterocycles. The van der Waals surface area contributed by atoms with Gasteiger partial charge in [0.25, 0.3) is 0 Å². The van der Waals surface area contributed by atoms with Crippen molar-refractivity contribution in [1.82, 2.24) is 30.0 Å². The molecular weight excluding hydrogens is 260 g/mol. The molecule has 8 heteroatoms. The molecule has 2 heterocycles. The number of carbonyl (C=O) groups is 1. The summed E-state index contributed by atoms with van der Waals surface area (Å²) in [7, 11) is 0. The number of carboxylic acids is 1. The molecule has 1 saturated carbocycles. The van der Waals surface area contributed by atoms with Gasteiger partial charge in [-0.2, -0.15) is 5.10 Å². The summed E-state index contributed by atoms with van der Waals surface area (Å²) in [6, 6.07) is 1.70. The van der Waals surface area contributed by atoms with Crippen LogP contribution in [0.3, 0.4) is 0 Å². The Labute approximate surface area is 115 Å².